The van der Waals surface area contributed by atoms with Crippen molar-refractivity contribution in [3.05, 3.63) is 29.8 Å². The molecule has 19 heavy (non-hydrogen) atoms. The van der Waals surface area contributed by atoms with E-state index in [-0.39, 0.29) is 22.5 Å². The van der Waals surface area contributed by atoms with E-state index in [1.165, 1.54) is 16.4 Å². The molecule has 0 aromatic heterocycles. The highest BCUT2D eigenvalue weighted by Crippen LogP contribution is 2.23. The Morgan fingerprint density at radius 2 is 2.05 bits per heavy atom. The first-order chi connectivity index (χ1) is 8.96. The van der Waals surface area contributed by atoms with Gasteiger partial charge in [-0.3, -0.25) is 0 Å². The summed E-state index contributed by atoms with van der Waals surface area (Å²) in [6, 6.07) is 8.27. The SMILES string of the molecule is CC1CN(S(=O)(=O)c2ccccc2C#N)C(C)CN1. The van der Waals surface area contributed by atoms with Gasteiger partial charge in [-0.15, -0.1) is 0 Å². The van der Waals surface area contributed by atoms with Crippen molar-refractivity contribution in [1.29, 1.82) is 5.26 Å². The van der Waals surface area contributed by atoms with Crippen molar-refractivity contribution in [2.24, 2.45) is 0 Å². The van der Waals surface area contributed by atoms with Crippen LogP contribution in [0.1, 0.15) is 19.4 Å². The normalized spacial score (nSPS) is 24.9. The Hall–Kier alpha value is -1.42. The standard InChI is InChI=1S/C13H17N3O2S/c1-10-9-16(11(2)8-15-10)19(17,18)13-6-4-3-5-12(13)7-14/h3-6,10-11,15H,8-9H2,1-2H3. The van der Waals surface area contributed by atoms with E-state index in [1.54, 1.807) is 12.1 Å². The number of hydrogen-bond acceptors (Lipinski definition) is 4. The molecular weight excluding hydrogens is 262 g/mol. The van der Waals surface area contributed by atoms with Gasteiger partial charge in [0, 0.05) is 25.2 Å². The number of rotatable bonds is 2. The second-order valence-electron chi connectivity index (χ2n) is 4.84. The van der Waals surface area contributed by atoms with Gasteiger partial charge in [0.05, 0.1) is 10.5 Å². The highest BCUT2D eigenvalue weighted by Gasteiger charge is 2.34. The molecule has 102 valence electrons. The lowest BCUT2D eigenvalue weighted by Gasteiger charge is -2.36. The Bertz CT molecular complexity index is 607. The number of nitrogens with zero attached hydrogens (tertiary/aromatic N) is 2. The lowest BCUT2D eigenvalue weighted by Crippen LogP contribution is -2.56. The third kappa shape index (κ3) is 2.63. The zero-order valence-electron chi connectivity index (χ0n) is 11.0. The number of nitriles is 1. The summed E-state index contributed by atoms with van der Waals surface area (Å²) in [5.41, 5.74) is 0.195. The largest absolute Gasteiger partial charge is 0.311 e. The first kappa shape index (κ1) is 14.0. The summed E-state index contributed by atoms with van der Waals surface area (Å²) < 4.78 is 26.8. The van der Waals surface area contributed by atoms with Crippen LogP contribution >= 0.6 is 0 Å². The predicted molar refractivity (Wildman–Crippen MR) is 72.0 cm³/mol. The maximum absolute atomic E-state index is 12.7. The predicted octanol–water partition coefficient (Wildman–Crippen LogP) is 0.929. The number of nitrogens with one attached hydrogen (secondary N) is 1. The van der Waals surface area contributed by atoms with Gasteiger partial charge < -0.3 is 5.32 Å². The Balaban J connectivity index is 2.45. The average Bonchev–Trinajstić information content (AvgIpc) is 2.41. The van der Waals surface area contributed by atoms with Gasteiger partial charge >= 0.3 is 0 Å². The van der Waals surface area contributed by atoms with Gasteiger partial charge in [-0.1, -0.05) is 12.1 Å². The monoisotopic (exact) mass is 279 g/mol. The van der Waals surface area contributed by atoms with Crippen molar-refractivity contribution in [3.8, 4) is 6.07 Å². The molecule has 1 N–H and O–H groups in total. The zero-order valence-corrected chi connectivity index (χ0v) is 11.8. The van der Waals surface area contributed by atoms with Crippen LogP contribution in [0, 0.1) is 11.3 Å². The fourth-order valence-electron chi connectivity index (χ4n) is 2.23. The summed E-state index contributed by atoms with van der Waals surface area (Å²) in [4.78, 5) is 0.0958. The second-order valence-corrected chi connectivity index (χ2v) is 6.70. The van der Waals surface area contributed by atoms with Crippen LogP contribution in [0.15, 0.2) is 29.2 Å². The van der Waals surface area contributed by atoms with Crippen LogP contribution in [0.4, 0.5) is 0 Å². The van der Waals surface area contributed by atoms with Gasteiger partial charge in [-0.25, -0.2) is 8.42 Å². The van der Waals surface area contributed by atoms with E-state index in [2.05, 4.69) is 5.32 Å². The minimum atomic E-state index is -3.62. The summed E-state index contributed by atoms with van der Waals surface area (Å²) in [5, 5.41) is 12.3. The van der Waals surface area contributed by atoms with Crippen LogP contribution in [0.5, 0.6) is 0 Å². The highest BCUT2D eigenvalue weighted by atomic mass is 32.2. The maximum atomic E-state index is 12.7. The molecule has 1 aliphatic rings. The van der Waals surface area contributed by atoms with Gasteiger partial charge in [0.25, 0.3) is 0 Å². The summed E-state index contributed by atoms with van der Waals surface area (Å²) in [7, 11) is -3.62. The summed E-state index contributed by atoms with van der Waals surface area (Å²) in [5.74, 6) is 0. The Morgan fingerprint density at radius 1 is 1.37 bits per heavy atom. The van der Waals surface area contributed by atoms with Gasteiger partial charge in [-0.2, -0.15) is 9.57 Å². The smallest absolute Gasteiger partial charge is 0.244 e. The zero-order chi connectivity index (χ0) is 14.0. The molecule has 0 saturated carbocycles. The van der Waals surface area contributed by atoms with Crippen LogP contribution < -0.4 is 5.32 Å². The molecule has 1 aromatic carbocycles. The highest BCUT2D eigenvalue weighted by molar-refractivity contribution is 7.89. The van der Waals surface area contributed by atoms with E-state index in [9.17, 15) is 8.42 Å². The van der Waals surface area contributed by atoms with E-state index in [4.69, 9.17) is 5.26 Å². The third-order valence-electron chi connectivity index (χ3n) is 3.30. The summed E-state index contributed by atoms with van der Waals surface area (Å²) in [6.45, 7) is 4.86. The van der Waals surface area contributed by atoms with E-state index in [1.807, 2.05) is 19.9 Å². The molecule has 5 nitrogen and oxygen atoms in total. The lowest BCUT2D eigenvalue weighted by molar-refractivity contribution is 0.244. The molecule has 1 aliphatic heterocycles. The Morgan fingerprint density at radius 3 is 2.74 bits per heavy atom. The molecule has 6 heteroatoms. The van der Waals surface area contributed by atoms with Crippen molar-refractivity contribution in [2.75, 3.05) is 13.1 Å². The number of piperazine rings is 1. The molecule has 0 radical (unpaired) electrons. The maximum Gasteiger partial charge on any atom is 0.244 e. The van der Waals surface area contributed by atoms with Crippen molar-refractivity contribution < 1.29 is 8.42 Å². The molecule has 2 atom stereocenters. The van der Waals surface area contributed by atoms with E-state index < -0.39 is 10.0 Å². The quantitative estimate of drug-likeness (QED) is 0.874. The van der Waals surface area contributed by atoms with Crippen molar-refractivity contribution in [1.82, 2.24) is 9.62 Å². The van der Waals surface area contributed by atoms with Crippen LogP contribution in [0.3, 0.4) is 0 Å². The van der Waals surface area contributed by atoms with Crippen molar-refractivity contribution in [2.45, 2.75) is 30.8 Å². The fraction of sp³-hybridized carbons (Fsp3) is 0.462. The van der Waals surface area contributed by atoms with E-state index in [0.717, 1.165) is 0 Å². The molecule has 0 aliphatic carbocycles. The molecule has 0 spiro atoms. The Kier molecular flexibility index (Phi) is 3.90. The minimum Gasteiger partial charge on any atom is -0.311 e. The molecule has 2 unspecified atom stereocenters. The van der Waals surface area contributed by atoms with Crippen LogP contribution in [-0.2, 0) is 10.0 Å². The molecule has 1 aromatic rings. The van der Waals surface area contributed by atoms with E-state index >= 15 is 0 Å². The second kappa shape index (κ2) is 5.29. The molecule has 0 bridgehead atoms. The van der Waals surface area contributed by atoms with Crippen LogP contribution in [-0.4, -0.2) is 37.9 Å². The first-order valence-electron chi connectivity index (χ1n) is 6.21. The fourth-order valence-corrected chi connectivity index (χ4v) is 4.10. The number of sulfonamides is 1. The molecule has 1 saturated heterocycles. The average molecular weight is 279 g/mol. The van der Waals surface area contributed by atoms with Crippen LogP contribution in [0.25, 0.3) is 0 Å². The Labute approximate surface area is 113 Å². The number of benzene rings is 1. The summed E-state index contributed by atoms with van der Waals surface area (Å²) in [6.07, 6.45) is 0. The molecule has 1 heterocycles. The number of hydrogen-bond donors (Lipinski definition) is 1. The molecule has 2 rings (SSSR count). The third-order valence-corrected chi connectivity index (χ3v) is 5.34. The van der Waals surface area contributed by atoms with Crippen molar-refractivity contribution in [3.63, 3.8) is 0 Å². The van der Waals surface area contributed by atoms with Crippen molar-refractivity contribution >= 4 is 10.0 Å². The van der Waals surface area contributed by atoms with Gasteiger partial charge in [0.1, 0.15) is 6.07 Å². The lowest BCUT2D eigenvalue weighted by atomic mass is 10.2. The summed E-state index contributed by atoms with van der Waals surface area (Å²) >= 11 is 0. The molecular formula is C13H17N3O2S. The molecule has 1 fully saturated rings. The van der Waals surface area contributed by atoms with Crippen LogP contribution in [0.2, 0.25) is 0 Å². The van der Waals surface area contributed by atoms with Gasteiger partial charge in [0.2, 0.25) is 10.0 Å². The minimum absolute atomic E-state index is 0.0958. The molecule has 0 amide bonds. The van der Waals surface area contributed by atoms with Gasteiger partial charge in [-0.05, 0) is 26.0 Å². The van der Waals surface area contributed by atoms with E-state index in [0.29, 0.717) is 13.1 Å². The first-order valence-corrected chi connectivity index (χ1v) is 7.65. The topological polar surface area (TPSA) is 73.2 Å². The van der Waals surface area contributed by atoms with Gasteiger partial charge in [0.15, 0.2) is 0 Å².